The number of hydrogen-bond donors (Lipinski definition) is 2. The van der Waals surface area contributed by atoms with E-state index in [1.807, 2.05) is 28.9 Å². The van der Waals surface area contributed by atoms with Crippen molar-refractivity contribution < 1.29 is 0 Å². The van der Waals surface area contributed by atoms with E-state index in [1.54, 1.807) is 6.20 Å². The number of imidazole rings is 1. The summed E-state index contributed by atoms with van der Waals surface area (Å²) in [6, 6.07) is 10.1. The fourth-order valence-electron chi connectivity index (χ4n) is 1.95. The zero-order chi connectivity index (χ0) is 11.0. The number of aromatic amines is 1. The summed E-state index contributed by atoms with van der Waals surface area (Å²) in [6.07, 6.45) is 3.65. The van der Waals surface area contributed by atoms with Gasteiger partial charge in [0.05, 0.1) is 5.69 Å². The molecule has 0 aliphatic carbocycles. The molecule has 2 heterocycles. The van der Waals surface area contributed by atoms with Gasteiger partial charge in [-0.15, -0.1) is 0 Å². The highest BCUT2D eigenvalue weighted by Gasteiger charge is 2.12. The maximum absolute atomic E-state index is 5.78. The van der Waals surface area contributed by atoms with Crippen molar-refractivity contribution in [2.45, 2.75) is 6.54 Å². The number of benzene rings is 1. The Morgan fingerprint density at radius 2 is 2.06 bits per heavy atom. The second-order valence-electron chi connectivity index (χ2n) is 3.66. The Hall–Kier alpha value is -2.07. The van der Waals surface area contributed by atoms with Crippen LogP contribution in [0, 0.1) is 0 Å². The first-order valence-electron chi connectivity index (χ1n) is 5.19. The van der Waals surface area contributed by atoms with Gasteiger partial charge >= 0.3 is 0 Å². The van der Waals surface area contributed by atoms with Gasteiger partial charge in [0, 0.05) is 24.5 Å². The van der Waals surface area contributed by atoms with E-state index in [0.717, 1.165) is 22.5 Å². The van der Waals surface area contributed by atoms with Crippen molar-refractivity contribution in [2.24, 2.45) is 5.73 Å². The van der Waals surface area contributed by atoms with Gasteiger partial charge in [0.1, 0.15) is 0 Å². The number of aromatic nitrogens is 3. The van der Waals surface area contributed by atoms with Crippen molar-refractivity contribution in [1.29, 1.82) is 0 Å². The van der Waals surface area contributed by atoms with E-state index in [4.69, 9.17) is 5.73 Å². The monoisotopic (exact) mass is 212 g/mol. The van der Waals surface area contributed by atoms with Crippen LogP contribution < -0.4 is 5.73 Å². The van der Waals surface area contributed by atoms with Crippen LogP contribution in [0.1, 0.15) is 5.56 Å². The first-order valence-corrected chi connectivity index (χ1v) is 5.19. The highest BCUT2D eigenvalue weighted by molar-refractivity contribution is 5.70. The number of nitrogens with two attached hydrogens (primary N) is 1. The molecule has 0 saturated heterocycles. The van der Waals surface area contributed by atoms with Crippen molar-refractivity contribution in [3.63, 3.8) is 0 Å². The summed E-state index contributed by atoms with van der Waals surface area (Å²) >= 11 is 0. The van der Waals surface area contributed by atoms with Gasteiger partial charge in [-0.1, -0.05) is 30.3 Å². The molecule has 4 nitrogen and oxygen atoms in total. The summed E-state index contributed by atoms with van der Waals surface area (Å²) in [5.41, 5.74) is 9.92. The minimum Gasteiger partial charge on any atom is -0.326 e. The van der Waals surface area contributed by atoms with Crippen molar-refractivity contribution in [3.8, 4) is 11.3 Å². The lowest BCUT2D eigenvalue weighted by atomic mass is 10.1. The van der Waals surface area contributed by atoms with Crippen molar-refractivity contribution in [2.75, 3.05) is 0 Å². The topological polar surface area (TPSA) is 59.1 Å². The third kappa shape index (κ3) is 1.24. The Balaban J connectivity index is 2.27. The first kappa shape index (κ1) is 9.18. The second kappa shape index (κ2) is 3.50. The lowest BCUT2D eigenvalue weighted by Gasteiger charge is -2.00. The molecular formula is C12H12N4. The van der Waals surface area contributed by atoms with Crippen LogP contribution in [0.5, 0.6) is 0 Å². The molecule has 16 heavy (non-hydrogen) atoms. The van der Waals surface area contributed by atoms with Gasteiger partial charge < -0.3 is 5.73 Å². The van der Waals surface area contributed by atoms with E-state index >= 15 is 0 Å². The molecule has 0 radical (unpaired) electrons. The van der Waals surface area contributed by atoms with Crippen LogP contribution in [-0.4, -0.2) is 14.6 Å². The molecular weight excluding hydrogens is 200 g/mol. The molecule has 0 spiro atoms. The molecule has 3 N–H and O–H groups in total. The van der Waals surface area contributed by atoms with Crippen LogP contribution in [-0.2, 0) is 6.54 Å². The average Bonchev–Trinajstić information content (AvgIpc) is 2.89. The van der Waals surface area contributed by atoms with Gasteiger partial charge in [0.2, 0.25) is 0 Å². The molecule has 0 fully saturated rings. The number of rotatable bonds is 2. The Labute approximate surface area is 92.7 Å². The highest BCUT2D eigenvalue weighted by atomic mass is 15.3. The number of hydrogen-bond acceptors (Lipinski definition) is 2. The van der Waals surface area contributed by atoms with E-state index < -0.39 is 0 Å². The van der Waals surface area contributed by atoms with Gasteiger partial charge in [-0.2, -0.15) is 0 Å². The number of H-pyrrole nitrogens is 1. The average molecular weight is 212 g/mol. The van der Waals surface area contributed by atoms with Crippen LogP contribution in [0.4, 0.5) is 0 Å². The van der Waals surface area contributed by atoms with Crippen molar-refractivity contribution in [1.82, 2.24) is 14.6 Å². The largest absolute Gasteiger partial charge is 0.326 e. The fourth-order valence-corrected chi connectivity index (χ4v) is 1.95. The maximum Gasteiger partial charge on any atom is 0.157 e. The molecule has 0 aliphatic rings. The minimum absolute atomic E-state index is 0.480. The van der Waals surface area contributed by atoms with Gasteiger partial charge in [-0.3, -0.25) is 5.10 Å². The van der Waals surface area contributed by atoms with Crippen LogP contribution in [0.25, 0.3) is 16.9 Å². The predicted octanol–water partition coefficient (Wildman–Crippen LogP) is 1.79. The lowest BCUT2D eigenvalue weighted by molar-refractivity contribution is 0.978. The molecule has 1 aromatic carbocycles. The molecule has 80 valence electrons. The van der Waals surface area contributed by atoms with E-state index in [2.05, 4.69) is 22.2 Å². The molecule has 0 atom stereocenters. The molecule has 0 aliphatic heterocycles. The Morgan fingerprint density at radius 3 is 2.81 bits per heavy atom. The summed E-state index contributed by atoms with van der Waals surface area (Å²) in [6.45, 7) is 0.480. The zero-order valence-electron chi connectivity index (χ0n) is 8.72. The van der Waals surface area contributed by atoms with E-state index in [0.29, 0.717) is 6.54 Å². The molecule has 0 bridgehead atoms. The number of fused-ring (bicyclic) bond motifs is 1. The van der Waals surface area contributed by atoms with Crippen molar-refractivity contribution >= 4 is 5.65 Å². The Bertz CT molecular complexity index is 606. The molecule has 3 rings (SSSR count). The molecule has 0 amide bonds. The predicted molar refractivity (Wildman–Crippen MR) is 62.9 cm³/mol. The Morgan fingerprint density at radius 1 is 1.25 bits per heavy atom. The maximum atomic E-state index is 5.78. The number of nitrogens with one attached hydrogen (secondary N) is 1. The van der Waals surface area contributed by atoms with Crippen LogP contribution in [0.15, 0.2) is 42.7 Å². The third-order valence-electron chi connectivity index (χ3n) is 2.71. The number of nitrogens with zero attached hydrogens (tertiary/aromatic N) is 2. The minimum atomic E-state index is 0.480. The molecule has 2 aromatic heterocycles. The van der Waals surface area contributed by atoms with Crippen LogP contribution in [0.3, 0.4) is 0 Å². The van der Waals surface area contributed by atoms with Gasteiger partial charge in [0.25, 0.3) is 0 Å². The standard InChI is InChI=1S/C12H12N4/c13-8-10-11(9-4-2-1-3-5-9)15-16-7-6-14-12(10)16/h1-7,15H,8,13H2. The first-order chi connectivity index (χ1) is 7.90. The molecule has 0 saturated carbocycles. The highest BCUT2D eigenvalue weighted by Crippen LogP contribution is 2.24. The van der Waals surface area contributed by atoms with Gasteiger partial charge in [0.15, 0.2) is 5.65 Å². The third-order valence-corrected chi connectivity index (χ3v) is 2.71. The van der Waals surface area contributed by atoms with E-state index in [1.165, 1.54) is 0 Å². The Kier molecular flexibility index (Phi) is 2.01. The fraction of sp³-hybridized carbons (Fsp3) is 0.0833. The zero-order valence-corrected chi connectivity index (χ0v) is 8.72. The normalized spacial score (nSPS) is 11.1. The van der Waals surface area contributed by atoms with Gasteiger partial charge in [-0.05, 0) is 5.56 Å². The smallest absolute Gasteiger partial charge is 0.157 e. The molecule has 3 aromatic rings. The SMILES string of the molecule is NCc1c(-c2ccccc2)[nH]n2ccnc12. The quantitative estimate of drug-likeness (QED) is 0.680. The summed E-state index contributed by atoms with van der Waals surface area (Å²) in [4.78, 5) is 4.29. The summed E-state index contributed by atoms with van der Waals surface area (Å²) in [5, 5.41) is 3.29. The molecule has 0 unspecified atom stereocenters. The summed E-state index contributed by atoms with van der Waals surface area (Å²) in [5.74, 6) is 0. The summed E-state index contributed by atoms with van der Waals surface area (Å²) in [7, 11) is 0. The molecule has 4 heteroatoms. The van der Waals surface area contributed by atoms with E-state index in [-0.39, 0.29) is 0 Å². The van der Waals surface area contributed by atoms with Gasteiger partial charge in [-0.25, -0.2) is 9.50 Å². The van der Waals surface area contributed by atoms with E-state index in [9.17, 15) is 0 Å². The lowest BCUT2D eigenvalue weighted by Crippen LogP contribution is -1.97. The van der Waals surface area contributed by atoms with Crippen LogP contribution in [0.2, 0.25) is 0 Å². The second-order valence-corrected chi connectivity index (χ2v) is 3.66. The summed E-state index contributed by atoms with van der Waals surface area (Å²) < 4.78 is 1.89. The van der Waals surface area contributed by atoms with Crippen LogP contribution >= 0.6 is 0 Å². The van der Waals surface area contributed by atoms with Crippen molar-refractivity contribution in [3.05, 3.63) is 48.3 Å².